The number of rotatable bonds is 2. The lowest BCUT2D eigenvalue weighted by Gasteiger charge is -2.12. The van der Waals surface area contributed by atoms with Crippen molar-refractivity contribution in [3.8, 4) is 0 Å². The molecule has 0 saturated carbocycles. The van der Waals surface area contributed by atoms with Gasteiger partial charge in [0.15, 0.2) is 0 Å². The van der Waals surface area contributed by atoms with Gasteiger partial charge in [-0.3, -0.25) is 9.97 Å². The first-order chi connectivity index (χ1) is 10.0. The molecule has 3 rings (SSSR count). The van der Waals surface area contributed by atoms with Gasteiger partial charge in [-0.15, -0.1) is 0 Å². The van der Waals surface area contributed by atoms with Crippen LogP contribution < -0.4 is 5.32 Å². The largest absolute Gasteiger partial charge is 0.351 e. The Labute approximate surface area is 138 Å². The number of halogens is 4. The number of nitrogens with zero attached hydrogens (tertiary/aromatic N) is 2. The van der Waals surface area contributed by atoms with Crippen LogP contribution in [0.25, 0.3) is 11.0 Å². The van der Waals surface area contributed by atoms with Crippen molar-refractivity contribution in [3.63, 3.8) is 0 Å². The highest BCUT2D eigenvalue weighted by Gasteiger charge is 2.11. The third kappa shape index (κ3) is 2.95. The van der Waals surface area contributed by atoms with Gasteiger partial charge in [-0.05, 0) is 40.2 Å². The van der Waals surface area contributed by atoms with Gasteiger partial charge in [0.1, 0.15) is 11.3 Å². The summed E-state index contributed by atoms with van der Waals surface area (Å²) in [5.41, 5.74) is 2.49. The molecular formula is C14H7BrCl2FN3. The second kappa shape index (κ2) is 5.75. The van der Waals surface area contributed by atoms with E-state index < -0.39 is 5.82 Å². The smallest absolute Gasteiger partial charge is 0.126 e. The molecule has 3 aromatic rings. The van der Waals surface area contributed by atoms with Gasteiger partial charge in [0.05, 0.1) is 26.9 Å². The van der Waals surface area contributed by atoms with E-state index in [2.05, 4.69) is 31.2 Å². The zero-order valence-corrected chi connectivity index (χ0v) is 13.5. The Morgan fingerprint density at radius 1 is 1.10 bits per heavy atom. The number of hydrogen-bond acceptors (Lipinski definition) is 3. The van der Waals surface area contributed by atoms with Crippen LogP contribution in [-0.2, 0) is 0 Å². The summed E-state index contributed by atoms with van der Waals surface area (Å²) in [5, 5.41) is 3.47. The maximum Gasteiger partial charge on any atom is 0.126 e. The summed E-state index contributed by atoms with van der Waals surface area (Å²) in [5.74, 6) is -0.489. The van der Waals surface area contributed by atoms with Crippen LogP contribution in [0.1, 0.15) is 0 Å². The summed E-state index contributed by atoms with van der Waals surface area (Å²) >= 11 is 15.4. The van der Waals surface area contributed by atoms with Crippen molar-refractivity contribution in [3.05, 3.63) is 57.0 Å². The minimum absolute atomic E-state index is 0.196. The van der Waals surface area contributed by atoms with Crippen LogP contribution in [0.3, 0.4) is 0 Å². The van der Waals surface area contributed by atoms with Gasteiger partial charge >= 0.3 is 0 Å². The van der Waals surface area contributed by atoms with Crippen LogP contribution in [0.5, 0.6) is 0 Å². The molecule has 0 atom stereocenters. The molecule has 3 nitrogen and oxygen atoms in total. The van der Waals surface area contributed by atoms with E-state index in [0.29, 0.717) is 22.4 Å². The molecule has 2 aromatic heterocycles. The lowest BCUT2D eigenvalue weighted by atomic mass is 10.2. The molecule has 0 amide bonds. The maximum atomic E-state index is 13.2. The number of nitrogens with one attached hydrogen (secondary N) is 1. The van der Waals surface area contributed by atoms with Crippen LogP contribution in [0.2, 0.25) is 10.0 Å². The van der Waals surface area contributed by atoms with Gasteiger partial charge < -0.3 is 5.32 Å². The standard InChI is InChI=1S/C14H7BrCl2FN3/c15-7-3-12-14(20-6-7)11(1-2-19-12)21-13-9(16)4-8(18)5-10(13)17/h1-6H,(H,19,21). The van der Waals surface area contributed by atoms with Crippen molar-refractivity contribution < 1.29 is 4.39 Å². The second-order valence-corrected chi connectivity index (χ2v) is 5.98. The molecular weight excluding hydrogens is 380 g/mol. The molecule has 0 aliphatic carbocycles. The number of benzene rings is 1. The van der Waals surface area contributed by atoms with E-state index in [1.807, 2.05) is 6.07 Å². The van der Waals surface area contributed by atoms with E-state index in [-0.39, 0.29) is 10.0 Å². The lowest BCUT2D eigenvalue weighted by molar-refractivity contribution is 0.628. The lowest BCUT2D eigenvalue weighted by Crippen LogP contribution is -1.96. The van der Waals surface area contributed by atoms with Gasteiger partial charge in [0.25, 0.3) is 0 Å². The van der Waals surface area contributed by atoms with E-state index in [4.69, 9.17) is 23.2 Å². The highest BCUT2D eigenvalue weighted by atomic mass is 79.9. The van der Waals surface area contributed by atoms with Crippen molar-refractivity contribution in [2.24, 2.45) is 0 Å². The van der Waals surface area contributed by atoms with Crippen molar-refractivity contribution >= 4 is 61.5 Å². The highest BCUT2D eigenvalue weighted by Crippen LogP contribution is 2.35. The Hall–Kier alpha value is -1.43. The number of fused-ring (bicyclic) bond motifs is 1. The van der Waals surface area contributed by atoms with E-state index >= 15 is 0 Å². The Balaban J connectivity index is 2.11. The number of aromatic nitrogens is 2. The summed E-state index contributed by atoms with van der Waals surface area (Å²) in [7, 11) is 0. The van der Waals surface area contributed by atoms with Gasteiger partial charge in [-0.2, -0.15) is 0 Å². The molecule has 7 heteroatoms. The summed E-state index contributed by atoms with van der Waals surface area (Å²) in [6, 6.07) is 5.99. The first kappa shape index (κ1) is 14.5. The normalized spacial score (nSPS) is 10.9. The molecule has 0 radical (unpaired) electrons. The molecule has 0 fully saturated rings. The van der Waals surface area contributed by atoms with E-state index in [0.717, 1.165) is 4.47 Å². The fraction of sp³-hybridized carbons (Fsp3) is 0. The van der Waals surface area contributed by atoms with E-state index in [1.165, 1.54) is 12.1 Å². The van der Waals surface area contributed by atoms with Crippen molar-refractivity contribution in [1.82, 2.24) is 9.97 Å². The number of pyridine rings is 2. The first-order valence-corrected chi connectivity index (χ1v) is 7.41. The average Bonchev–Trinajstić information content (AvgIpc) is 2.42. The minimum atomic E-state index is -0.489. The topological polar surface area (TPSA) is 37.8 Å². The van der Waals surface area contributed by atoms with Crippen LogP contribution in [-0.4, -0.2) is 9.97 Å². The molecule has 0 aliphatic rings. The van der Waals surface area contributed by atoms with Crippen LogP contribution in [0.15, 0.2) is 41.1 Å². The molecule has 0 spiro atoms. The summed E-state index contributed by atoms with van der Waals surface area (Å²) in [4.78, 5) is 8.57. The predicted octanol–water partition coefficient (Wildman–Crippen LogP) is 5.58. The Morgan fingerprint density at radius 3 is 2.52 bits per heavy atom. The van der Waals surface area contributed by atoms with Gasteiger partial charge in [-0.25, -0.2) is 4.39 Å². The predicted molar refractivity (Wildman–Crippen MR) is 86.9 cm³/mol. The number of hydrogen-bond donors (Lipinski definition) is 1. The fourth-order valence-electron chi connectivity index (χ4n) is 1.90. The Morgan fingerprint density at radius 2 is 1.81 bits per heavy atom. The van der Waals surface area contributed by atoms with E-state index in [1.54, 1.807) is 18.5 Å². The zero-order valence-electron chi connectivity index (χ0n) is 10.4. The summed E-state index contributed by atoms with van der Waals surface area (Å²) < 4.78 is 14.1. The second-order valence-electron chi connectivity index (χ2n) is 4.25. The Kier molecular flexibility index (Phi) is 3.97. The van der Waals surface area contributed by atoms with Gasteiger partial charge in [-0.1, -0.05) is 23.2 Å². The van der Waals surface area contributed by atoms with Crippen molar-refractivity contribution in [2.75, 3.05) is 5.32 Å². The van der Waals surface area contributed by atoms with Crippen LogP contribution >= 0.6 is 39.1 Å². The first-order valence-electron chi connectivity index (χ1n) is 5.86. The van der Waals surface area contributed by atoms with Gasteiger partial charge in [0.2, 0.25) is 0 Å². The van der Waals surface area contributed by atoms with Gasteiger partial charge in [0, 0.05) is 16.9 Å². The van der Waals surface area contributed by atoms with Crippen LogP contribution in [0, 0.1) is 5.82 Å². The van der Waals surface area contributed by atoms with E-state index in [9.17, 15) is 4.39 Å². The van der Waals surface area contributed by atoms with Crippen molar-refractivity contribution in [1.29, 1.82) is 0 Å². The monoisotopic (exact) mass is 385 g/mol. The highest BCUT2D eigenvalue weighted by molar-refractivity contribution is 9.10. The molecule has 1 N–H and O–H groups in total. The molecule has 106 valence electrons. The third-order valence-electron chi connectivity index (χ3n) is 2.81. The zero-order chi connectivity index (χ0) is 15.0. The Bertz CT molecular complexity index is 819. The minimum Gasteiger partial charge on any atom is -0.351 e. The quantitative estimate of drug-likeness (QED) is 0.624. The summed E-state index contributed by atoms with van der Waals surface area (Å²) in [6.07, 6.45) is 3.31. The molecule has 0 bridgehead atoms. The molecule has 0 unspecified atom stereocenters. The third-order valence-corrected chi connectivity index (χ3v) is 3.84. The number of anilines is 2. The van der Waals surface area contributed by atoms with Crippen molar-refractivity contribution in [2.45, 2.75) is 0 Å². The molecule has 1 aromatic carbocycles. The fourth-order valence-corrected chi connectivity index (χ4v) is 2.78. The maximum absolute atomic E-state index is 13.2. The van der Waals surface area contributed by atoms with Crippen LogP contribution in [0.4, 0.5) is 15.8 Å². The summed E-state index contributed by atoms with van der Waals surface area (Å²) in [6.45, 7) is 0. The molecule has 21 heavy (non-hydrogen) atoms. The average molecular weight is 387 g/mol. The molecule has 0 saturated heterocycles. The molecule has 2 heterocycles. The SMILES string of the molecule is Fc1cc(Cl)c(Nc2ccnc3cc(Br)cnc23)c(Cl)c1. The molecule has 0 aliphatic heterocycles.